The minimum atomic E-state index is -5.24. The topological polar surface area (TPSA) is 245 Å². The Labute approximate surface area is 206 Å². The van der Waals surface area contributed by atoms with E-state index in [0.29, 0.717) is 12.1 Å². The number of azo groups is 1. The fourth-order valence-electron chi connectivity index (χ4n) is 3.05. The molecule has 1 unspecified atom stereocenters. The molecule has 0 fully saturated rings. The molecule has 0 aliphatic rings. The first-order valence-electron chi connectivity index (χ1n) is 9.34. The largest absolute Gasteiger partial charge is 0.506 e. The zero-order valence-electron chi connectivity index (χ0n) is 17.8. The van der Waals surface area contributed by atoms with E-state index < -0.39 is 89.5 Å². The van der Waals surface area contributed by atoms with Crippen LogP contribution in [0.2, 0.25) is 0 Å². The lowest BCUT2D eigenvalue weighted by Gasteiger charge is -2.12. The van der Waals surface area contributed by atoms with Crippen LogP contribution >= 0.6 is 0 Å². The maximum absolute atomic E-state index is 12.1. The Bertz CT molecular complexity index is 1780. The molecule has 0 aromatic heterocycles. The zero-order valence-corrected chi connectivity index (χ0v) is 21.1. The molecule has 5 N–H and O–H groups in total. The maximum Gasteiger partial charge on any atom is 0.295 e. The molecule has 0 radical (unpaired) electrons. The predicted molar refractivity (Wildman–Crippen MR) is 124 cm³/mol. The summed E-state index contributed by atoms with van der Waals surface area (Å²) in [5.74, 6) is -1.98. The Morgan fingerprint density at radius 3 is 2.03 bits per heavy atom. The summed E-state index contributed by atoms with van der Waals surface area (Å²) in [5, 5.41) is 26.7. The van der Waals surface area contributed by atoms with Crippen LogP contribution in [0.1, 0.15) is 6.92 Å². The highest BCUT2D eigenvalue weighted by Crippen LogP contribution is 2.44. The number of hydrogen-bond acceptors (Lipinski definition) is 11. The van der Waals surface area contributed by atoms with Gasteiger partial charge in [0.2, 0.25) is 0 Å². The quantitative estimate of drug-likeness (QED) is 0.154. The van der Waals surface area contributed by atoms with Crippen LogP contribution in [0.25, 0.3) is 10.8 Å². The van der Waals surface area contributed by atoms with Gasteiger partial charge in [0.1, 0.15) is 22.0 Å². The molecule has 0 saturated carbocycles. The van der Waals surface area contributed by atoms with Crippen molar-refractivity contribution in [2.75, 3.05) is 5.75 Å². The van der Waals surface area contributed by atoms with Crippen molar-refractivity contribution >= 4 is 63.3 Å². The second kappa shape index (κ2) is 9.47. The van der Waals surface area contributed by atoms with Gasteiger partial charge in [-0.3, -0.25) is 9.11 Å². The first-order valence-corrected chi connectivity index (χ1v) is 15.0. The summed E-state index contributed by atoms with van der Waals surface area (Å²) in [6.07, 6.45) is 0. The molecule has 0 amide bonds. The zero-order chi connectivity index (χ0) is 27.2. The normalized spacial score (nSPS) is 13.9. The average molecular weight is 581 g/mol. The molecule has 0 aliphatic heterocycles. The van der Waals surface area contributed by atoms with Crippen molar-refractivity contribution in [2.24, 2.45) is 10.2 Å². The summed E-state index contributed by atoms with van der Waals surface area (Å²) in [5.41, 5.74) is -1.26. The van der Waals surface area contributed by atoms with E-state index in [4.69, 9.17) is 0 Å². The Hall–Kier alpha value is -3.00. The van der Waals surface area contributed by atoms with Crippen LogP contribution in [0, 0.1) is 0 Å². The van der Waals surface area contributed by atoms with E-state index in [2.05, 4.69) is 10.2 Å². The van der Waals surface area contributed by atoms with E-state index in [1.807, 2.05) is 0 Å². The summed E-state index contributed by atoms with van der Waals surface area (Å²) < 4.78 is 112. The van der Waals surface area contributed by atoms with Gasteiger partial charge >= 0.3 is 0 Å². The minimum absolute atomic E-state index is 0.239. The minimum Gasteiger partial charge on any atom is -0.506 e. The third-order valence-corrected chi connectivity index (χ3v) is 8.92. The number of aromatic hydroxyl groups is 2. The summed E-state index contributed by atoms with van der Waals surface area (Å²) in [4.78, 5) is -3.15. The molecule has 3 aromatic carbocycles. The summed E-state index contributed by atoms with van der Waals surface area (Å²) in [6.45, 7) is 1.37. The third-order valence-electron chi connectivity index (χ3n) is 4.79. The third kappa shape index (κ3) is 5.38. The van der Waals surface area contributed by atoms with Crippen molar-refractivity contribution in [3.05, 3.63) is 36.4 Å². The number of phenolic OH excluding ortho intramolecular Hbond substituents is 2. The van der Waals surface area contributed by atoms with Crippen LogP contribution in [0.15, 0.2) is 66.2 Å². The van der Waals surface area contributed by atoms with Crippen molar-refractivity contribution in [3.8, 4) is 11.5 Å². The van der Waals surface area contributed by atoms with Crippen LogP contribution in [-0.2, 0) is 41.2 Å². The van der Waals surface area contributed by atoms with Crippen molar-refractivity contribution in [1.29, 1.82) is 0 Å². The van der Waals surface area contributed by atoms with E-state index in [1.165, 1.54) is 6.92 Å². The molecule has 0 saturated heterocycles. The van der Waals surface area contributed by atoms with Crippen LogP contribution in [0.3, 0.4) is 0 Å². The number of nitrogens with zero attached hydrogens (tertiary/aromatic N) is 2. The smallest absolute Gasteiger partial charge is 0.295 e. The molecule has 0 bridgehead atoms. The van der Waals surface area contributed by atoms with E-state index in [1.54, 1.807) is 0 Å². The lowest BCUT2D eigenvalue weighted by Crippen LogP contribution is -2.05. The highest BCUT2D eigenvalue weighted by Gasteiger charge is 2.26. The molecule has 1 atom stereocenters. The van der Waals surface area contributed by atoms with Crippen molar-refractivity contribution < 1.29 is 53.3 Å². The Balaban J connectivity index is 2.38. The SMILES string of the molecule is CCS(=O)(=O)c1ccc(O)c(N=Nc2c(S(=O)O)cc3cc(S(=O)(=O)O)cc(S(=O)(=O)O)c3c2O)c1. The van der Waals surface area contributed by atoms with Gasteiger partial charge in [-0.1, -0.05) is 6.92 Å². The highest BCUT2D eigenvalue weighted by molar-refractivity contribution is 7.91. The number of fused-ring (bicyclic) bond motifs is 1. The number of rotatable bonds is 7. The standard InChI is InChI=1S/C18H16N2O12S4/c1-2-34(25,26)10-3-4-13(21)12(7-10)19-20-17-14(33(23)24)6-9-5-11(35(27,28)29)8-15(36(30,31)32)16(9)18(17)22/h3-8,21-22H,2H2,1H3,(H,23,24)(H,27,28,29)(H,30,31,32). The van der Waals surface area contributed by atoms with Crippen molar-refractivity contribution in [3.63, 3.8) is 0 Å². The molecule has 18 heteroatoms. The first kappa shape index (κ1) is 27.6. The first-order chi connectivity index (χ1) is 16.5. The monoisotopic (exact) mass is 580 g/mol. The molecule has 194 valence electrons. The second-order valence-electron chi connectivity index (χ2n) is 7.04. The Kier molecular flexibility index (Phi) is 7.25. The molecule has 36 heavy (non-hydrogen) atoms. The van der Waals surface area contributed by atoms with Crippen molar-refractivity contribution in [1.82, 2.24) is 0 Å². The fraction of sp³-hybridized carbons (Fsp3) is 0.111. The highest BCUT2D eigenvalue weighted by atomic mass is 32.2. The number of benzene rings is 3. The van der Waals surface area contributed by atoms with E-state index in [0.717, 1.165) is 24.3 Å². The molecule has 3 rings (SSSR count). The molecule has 14 nitrogen and oxygen atoms in total. The van der Waals surface area contributed by atoms with E-state index in [-0.39, 0.29) is 10.6 Å². The number of hydrogen-bond donors (Lipinski definition) is 5. The van der Waals surface area contributed by atoms with Crippen LogP contribution in [0.4, 0.5) is 11.4 Å². The van der Waals surface area contributed by atoms with Gasteiger partial charge in [-0.05, 0) is 41.8 Å². The molecular formula is C18H16N2O12S4. The fourth-order valence-corrected chi connectivity index (χ4v) is 5.85. The Morgan fingerprint density at radius 1 is 0.861 bits per heavy atom. The maximum atomic E-state index is 12.1. The Morgan fingerprint density at radius 2 is 1.50 bits per heavy atom. The van der Waals surface area contributed by atoms with Gasteiger partial charge < -0.3 is 14.8 Å². The molecule has 0 heterocycles. The second-order valence-corrected chi connectivity index (χ2v) is 13.1. The lowest BCUT2D eigenvalue weighted by molar-refractivity contribution is 0.472. The average Bonchev–Trinajstić information content (AvgIpc) is 2.76. The number of sulfone groups is 1. The summed E-state index contributed by atoms with van der Waals surface area (Å²) in [6, 6.07) is 4.79. The number of phenols is 2. The van der Waals surface area contributed by atoms with Gasteiger partial charge in [0.15, 0.2) is 26.7 Å². The van der Waals surface area contributed by atoms with Crippen LogP contribution < -0.4 is 0 Å². The predicted octanol–water partition coefficient (Wildman–Crippen LogP) is 2.53. The molecular weight excluding hydrogens is 564 g/mol. The van der Waals surface area contributed by atoms with Gasteiger partial charge in [0, 0.05) is 5.39 Å². The summed E-state index contributed by atoms with van der Waals surface area (Å²) >= 11 is -2.94. The van der Waals surface area contributed by atoms with Gasteiger partial charge in [-0.2, -0.15) is 16.8 Å². The molecule has 3 aromatic rings. The van der Waals surface area contributed by atoms with Crippen LogP contribution in [-0.4, -0.2) is 59.1 Å². The van der Waals surface area contributed by atoms with Gasteiger partial charge in [0.25, 0.3) is 20.2 Å². The molecule has 0 spiro atoms. The molecule has 0 aliphatic carbocycles. The van der Waals surface area contributed by atoms with Gasteiger partial charge in [-0.25, -0.2) is 12.6 Å². The van der Waals surface area contributed by atoms with Crippen molar-refractivity contribution in [2.45, 2.75) is 26.5 Å². The lowest BCUT2D eigenvalue weighted by atomic mass is 10.1. The summed E-state index contributed by atoms with van der Waals surface area (Å²) in [7, 11) is -14.0. The van der Waals surface area contributed by atoms with E-state index >= 15 is 0 Å². The van der Waals surface area contributed by atoms with Gasteiger partial charge in [-0.15, -0.1) is 10.2 Å². The van der Waals surface area contributed by atoms with Gasteiger partial charge in [0.05, 0.1) is 20.4 Å². The van der Waals surface area contributed by atoms with E-state index in [9.17, 15) is 53.3 Å². The van der Waals surface area contributed by atoms with Crippen LogP contribution in [0.5, 0.6) is 11.5 Å².